The van der Waals surface area contributed by atoms with Gasteiger partial charge in [0.15, 0.2) is 6.54 Å². The molecule has 0 radical (unpaired) electrons. The molecule has 0 aliphatic carbocycles. The van der Waals surface area contributed by atoms with E-state index in [9.17, 15) is 9.59 Å². The van der Waals surface area contributed by atoms with Crippen molar-refractivity contribution in [2.24, 2.45) is 0 Å². The Morgan fingerprint density at radius 1 is 1.40 bits per heavy atom. The van der Waals surface area contributed by atoms with Crippen LogP contribution in [0, 0.1) is 0 Å². The number of hydrogen-bond acceptors (Lipinski definition) is 3. The molecule has 5 heteroatoms. The first kappa shape index (κ1) is 13.6. The number of hydrogen-bond donors (Lipinski definition) is 1. The van der Waals surface area contributed by atoms with Crippen LogP contribution in [-0.4, -0.2) is 55.3 Å². The molecule has 0 aromatic carbocycles. The molecule has 0 aromatic heterocycles. The number of carboxylic acid groups (broad SMARTS) is 1. The summed E-state index contributed by atoms with van der Waals surface area (Å²) in [5.41, 5.74) is 0. The zero-order chi connectivity index (χ0) is 11.9. The van der Waals surface area contributed by atoms with Crippen LogP contribution >= 0.6 is 0 Å². The standard InChI is InChI=1S/C10H17NO4/c1-4-5-10(14)15-7-6-11(2,3)8-9(12)13/h4-5H,6-8H2,1-3H3/p+1. The van der Waals surface area contributed by atoms with Crippen LogP contribution in [0.2, 0.25) is 0 Å². The fourth-order valence-corrected chi connectivity index (χ4v) is 1.02. The molecule has 86 valence electrons. The van der Waals surface area contributed by atoms with Gasteiger partial charge in [0.2, 0.25) is 0 Å². The maximum atomic E-state index is 10.9. The van der Waals surface area contributed by atoms with Gasteiger partial charge in [0.25, 0.3) is 0 Å². The first-order chi connectivity index (χ1) is 6.87. The number of carbonyl (C=O) groups is 2. The van der Waals surface area contributed by atoms with Gasteiger partial charge in [-0.2, -0.15) is 0 Å². The summed E-state index contributed by atoms with van der Waals surface area (Å²) in [5, 5.41) is 8.61. The largest absolute Gasteiger partial charge is 0.477 e. The van der Waals surface area contributed by atoms with E-state index < -0.39 is 11.9 Å². The van der Waals surface area contributed by atoms with E-state index >= 15 is 0 Å². The Bertz CT molecular complexity index is 258. The first-order valence-electron chi connectivity index (χ1n) is 4.70. The molecule has 0 bridgehead atoms. The minimum atomic E-state index is -0.861. The third-order valence-electron chi connectivity index (χ3n) is 1.81. The predicted octanol–water partition coefficient (Wildman–Crippen LogP) is 0.267. The molecule has 1 N–H and O–H groups in total. The molecule has 0 spiro atoms. The van der Waals surface area contributed by atoms with Crippen molar-refractivity contribution in [2.45, 2.75) is 6.92 Å². The molecule has 0 amide bonds. The lowest BCUT2D eigenvalue weighted by molar-refractivity contribution is -0.883. The van der Waals surface area contributed by atoms with Crippen molar-refractivity contribution in [3.63, 3.8) is 0 Å². The van der Waals surface area contributed by atoms with Gasteiger partial charge >= 0.3 is 11.9 Å². The third kappa shape index (κ3) is 7.69. The van der Waals surface area contributed by atoms with Gasteiger partial charge in [-0.25, -0.2) is 9.59 Å². The zero-order valence-corrected chi connectivity index (χ0v) is 9.40. The number of aliphatic carboxylic acids is 1. The lowest BCUT2D eigenvalue weighted by Crippen LogP contribution is -2.46. The van der Waals surface area contributed by atoms with Crippen LogP contribution in [0.3, 0.4) is 0 Å². The summed E-state index contributed by atoms with van der Waals surface area (Å²) < 4.78 is 5.16. The number of esters is 1. The van der Waals surface area contributed by atoms with Crippen LogP contribution in [-0.2, 0) is 14.3 Å². The Balaban J connectivity index is 3.84. The molecule has 0 aliphatic heterocycles. The Kier molecular flexibility index (Phi) is 5.62. The Hall–Kier alpha value is -1.36. The van der Waals surface area contributed by atoms with E-state index in [0.717, 1.165) is 0 Å². The highest BCUT2D eigenvalue weighted by Crippen LogP contribution is 1.96. The number of carbonyl (C=O) groups excluding carboxylic acids is 1. The SMILES string of the molecule is CC=CC(=O)OCC[N+](C)(C)CC(=O)O. The molecule has 0 aliphatic rings. The normalized spacial score (nSPS) is 11.7. The topological polar surface area (TPSA) is 63.6 Å². The predicted molar refractivity (Wildman–Crippen MR) is 55.3 cm³/mol. The van der Waals surface area contributed by atoms with Crippen LogP contribution in [0.15, 0.2) is 12.2 Å². The summed E-state index contributed by atoms with van der Waals surface area (Å²) >= 11 is 0. The van der Waals surface area contributed by atoms with Gasteiger partial charge in [-0.15, -0.1) is 0 Å². The molecule has 0 heterocycles. The second-order valence-electron chi connectivity index (χ2n) is 3.88. The minimum Gasteiger partial charge on any atom is -0.477 e. The van der Waals surface area contributed by atoms with Gasteiger partial charge in [0, 0.05) is 6.08 Å². The highest BCUT2D eigenvalue weighted by Gasteiger charge is 2.19. The van der Waals surface area contributed by atoms with Gasteiger partial charge < -0.3 is 14.3 Å². The molecule has 0 fully saturated rings. The Morgan fingerprint density at radius 3 is 2.47 bits per heavy atom. The molecule has 5 nitrogen and oxygen atoms in total. The number of rotatable bonds is 6. The third-order valence-corrected chi connectivity index (χ3v) is 1.81. The van der Waals surface area contributed by atoms with E-state index in [1.54, 1.807) is 27.1 Å². The summed E-state index contributed by atoms with van der Waals surface area (Å²) in [6, 6.07) is 0. The molecule has 0 aromatic rings. The highest BCUT2D eigenvalue weighted by molar-refractivity contribution is 5.81. The van der Waals surface area contributed by atoms with Gasteiger partial charge in [-0.3, -0.25) is 0 Å². The lowest BCUT2D eigenvalue weighted by Gasteiger charge is -2.27. The van der Waals surface area contributed by atoms with Gasteiger partial charge in [0.05, 0.1) is 14.1 Å². The molecular weight excluding hydrogens is 198 g/mol. The fraction of sp³-hybridized carbons (Fsp3) is 0.600. The average Bonchev–Trinajstić information content (AvgIpc) is 2.01. The van der Waals surface area contributed by atoms with Crippen molar-refractivity contribution in [3.05, 3.63) is 12.2 Å². The van der Waals surface area contributed by atoms with Gasteiger partial charge in [-0.05, 0) is 6.92 Å². The minimum absolute atomic E-state index is 0.0150. The number of nitrogens with zero attached hydrogens (tertiary/aromatic N) is 1. The van der Waals surface area contributed by atoms with E-state index in [1.807, 2.05) is 0 Å². The molecular formula is C10H18NO4+. The number of allylic oxidation sites excluding steroid dienone is 1. The number of likely N-dealkylation sites (N-methyl/N-ethyl adjacent to an activating group) is 1. The Labute approximate surface area is 89.5 Å². The van der Waals surface area contributed by atoms with Gasteiger partial charge in [0.1, 0.15) is 13.2 Å². The number of ether oxygens (including phenoxy) is 1. The molecule has 0 saturated carbocycles. The highest BCUT2D eigenvalue weighted by atomic mass is 16.5. The summed E-state index contributed by atoms with van der Waals surface area (Å²) in [6.07, 6.45) is 2.93. The summed E-state index contributed by atoms with van der Waals surface area (Å²) in [4.78, 5) is 21.4. The fourth-order valence-electron chi connectivity index (χ4n) is 1.02. The molecule has 0 unspecified atom stereocenters. The number of carboxylic acids is 1. The second-order valence-corrected chi connectivity index (χ2v) is 3.88. The van der Waals surface area contributed by atoms with Crippen molar-refractivity contribution >= 4 is 11.9 Å². The van der Waals surface area contributed by atoms with Crippen molar-refractivity contribution in [2.75, 3.05) is 33.8 Å². The van der Waals surface area contributed by atoms with Crippen molar-refractivity contribution in [1.82, 2.24) is 0 Å². The van der Waals surface area contributed by atoms with Crippen LogP contribution in [0.25, 0.3) is 0 Å². The smallest absolute Gasteiger partial charge is 0.359 e. The van der Waals surface area contributed by atoms with Crippen molar-refractivity contribution in [1.29, 1.82) is 0 Å². The maximum Gasteiger partial charge on any atom is 0.359 e. The maximum absolute atomic E-state index is 10.9. The summed E-state index contributed by atoms with van der Waals surface area (Å²) in [7, 11) is 3.55. The second kappa shape index (κ2) is 6.19. The monoisotopic (exact) mass is 216 g/mol. The van der Waals surface area contributed by atoms with E-state index in [-0.39, 0.29) is 13.2 Å². The van der Waals surface area contributed by atoms with E-state index in [1.165, 1.54) is 6.08 Å². The quantitative estimate of drug-likeness (QED) is 0.393. The lowest BCUT2D eigenvalue weighted by atomic mass is 10.4. The van der Waals surface area contributed by atoms with Gasteiger partial charge in [-0.1, -0.05) is 6.08 Å². The summed E-state index contributed by atoms with van der Waals surface area (Å²) in [6.45, 7) is 2.45. The van der Waals surface area contributed by atoms with Crippen LogP contribution in [0.1, 0.15) is 6.92 Å². The van der Waals surface area contributed by atoms with Crippen molar-refractivity contribution in [3.8, 4) is 0 Å². The summed E-state index contributed by atoms with van der Waals surface area (Å²) in [5.74, 6) is -1.26. The first-order valence-corrected chi connectivity index (χ1v) is 4.70. The van der Waals surface area contributed by atoms with Crippen LogP contribution < -0.4 is 0 Å². The van der Waals surface area contributed by atoms with E-state index in [4.69, 9.17) is 9.84 Å². The van der Waals surface area contributed by atoms with E-state index in [0.29, 0.717) is 11.0 Å². The molecule has 0 saturated heterocycles. The van der Waals surface area contributed by atoms with Crippen molar-refractivity contribution < 1.29 is 23.9 Å². The van der Waals surface area contributed by atoms with Crippen LogP contribution in [0.5, 0.6) is 0 Å². The molecule has 0 atom stereocenters. The molecule has 15 heavy (non-hydrogen) atoms. The number of quaternary nitrogens is 1. The van der Waals surface area contributed by atoms with E-state index in [2.05, 4.69) is 0 Å². The van der Waals surface area contributed by atoms with Crippen LogP contribution in [0.4, 0.5) is 0 Å². The average molecular weight is 216 g/mol. The Morgan fingerprint density at radius 2 is 2.00 bits per heavy atom. The molecule has 0 rings (SSSR count). The zero-order valence-electron chi connectivity index (χ0n) is 9.40.